The van der Waals surface area contributed by atoms with Crippen LogP contribution in [0.15, 0.2) is 47.9 Å². The van der Waals surface area contributed by atoms with Gasteiger partial charge in [0.05, 0.1) is 25.6 Å². The zero-order chi connectivity index (χ0) is 27.8. The summed E-state index contributed by atoms with van der Waals surface area (Å²) in [4.78, 5) is 12.9. The Hall–Kier alpha value is -3.66. The van der Waals surface area contributed by atoms with Crippen LogP contribution >= 0.6 is 0 Å². The molecule has 1 saturated carbocycles. The molecule has 1 atom stereocenters. The summed E-state index contributed by atoms with van der Waals surface area (Å²) in [6, 6.07) is 13.1. The summed E-state index contributed by atoms with van der Waals surface area (Å²) < 4.78 is 23.1. The number of hydrogen-bond acceptors (Lipinski definition) is 7. The molecule has 1 heterocycles. The first kappa shape index (κ1) is 28.4. The predicted molar refractivity (Wildman–Crippen MR) is 150 cm³/mol. The number of hydrogen-bond donors (Lipinski definition) is 1. The molecule has 1 aliphatic carbocycles. The Morgan fingerprint density at radius 2 is 1.82 bits per heavy atom. The highest BCUT2D eigenvalue weighted by molar-refractivity contribution is 5.75. The first-order chi connectivity index (χ1) is 19.0. The zero-order valence-electron chi connectivity index (χ0n) is 23.3. The number of carbonyl (C=O) groups is 1. The van der Waals surface area contributed by atoms with Gasteiger partial charge in [0.2, 0.25) is 5.88 Å². The van der Waals surface area contributed by atoms with E-state index in [-0.39, 0.29) is 17.8 Å². The zero-order valence-corrected chi connectivity index (χ0v) is 23.3. The topological polar surface area (TPSA) is 104 Å². The van der Waals surface area contributed by atoms with Crippen molar-refractivity contribution >= 4 is 5.97 Å². The number of nitrogens with zero attached hydrogens (tertiary/aromatic N) is 1. The molecule has 39 heavy (non-hydrogen) atoms. The van der Waals surface area contributed by atoms with Gasteiger partial charge in [-0.1, -0.05) is 51.7 Å². The van der Waals surface area contributed by atoms with Gasteiger partial charge in [0.1, 0.15) is 23.1 Å². The van der Waals surface area contributed by atoms with Crippen LogP contribution in [0, 0.1) is 23.2 Å². The summed E-state index contributed by atoms with van der Waals surface area (Å²) in [5.74, 6) is 2.15. The molecule has 2 N–H and O–H groups in total. The second kappa shape index (κ2) is 13.4. The fraction of sp³-hybridized carbons (Fsp3) is 0.500. The first-order valence-corrected chi connectivity index (χ1v) is 14.2. The Morgan fingerprint density at radius 3 is 2.51 bits per heavy atom. The Bertz CT molecular complexity index is 1220. The van der Waals surface area contributed by atoms with Crippen LogP contribution in [0.25, 0.3) is 0 Å². The second-order valence-corrected chi connectivity index (χ2v) is 10.5. The van der Waals surface area contributed by atoms with E-state index in [4.69, 9.17) is 24.7 Å². The molecule has 1 aliphatic heterocycles. The van der Waals surface area contributed by atoms with Gasteiger partial charge in [-0.15, -0.1) is 0 Å². The van der Waals surface area contributed by atoms with Gasteiger partial charge >= 0.3 is 5.97 Å². The lowest BCUT2D eigenvalue weighted by Crippen LogP contribution is -2.26. The number of rotatable bonds is 11. The fourth-order valence-corrected chi connectivity index (χ4v) is 5.53. The summed E-state index contributed by atoms with van der Waals surface area (Å²) >= 11 is 0. The monoisotopic (exact) mass is 532 g/mol. The molecule has 2 aromatic rings. The van der Waals surface area contributed by atoms with Crippen molar-refractivity contribution < 1.29 is 23.7 Å². The molecule has 0 amide bonds. The Kier molecular flexibility index (Phi) is 9.75. The van der Waals surface area contributed by atoms with Crippen molar-refractivity contribution in [1.82, 2.24) is 0 Å². The average molecular weight is 533 g/mol. The number of carbonyl (C=O) groups excluding carboxylic acids is 1. The standard InChI is InChI=1S/C32H40N2O5/c1-4-6-8-21-9-11-22(12-10-21)32(35)38-24-14-15-25-28(19-24)39-31(34)26(20-33)30(25)23-13-16-27(29(18-23)36-3)37-17-7-5-2/h13-16,18-19,21-22,30H,4-12,17,34H2,1-3H3. The third-order valence-corrected chi connectivity index (χ3v) is 7.83. The summed E-state index contributed by atoms with van der Waals surface area (Å²) in [7, 11) is 1.59. The van der Waals surface area contributed by atoms with Gasteiger partial charge in [0, 0.05) is 11.6 Å². The van der Waals surface area contributed by atoms with Crippen molar-refractivity contribution in [2.45, 2.75) is 77.6 Å². The molecule has 7 nitrogen and oxygen atoms in total. The fourth-order valence-electron chi connectivity index (χ4n) is 5.53. The third-order valence-electron chi connectivity index (χ3n) is 7.83. The van der Waals surface area contributed by atoms with E-state index in [1.807, 2.05) is 24.3 Å². The lowest BCUT2D eigenvalue weighted by molar-refractivity contribution is -0.140. The summed E-state index contributed by atoms with van der Waals surface area (Å²) in [5, 5.41) is 9.93. The number of allylic oxidation sites excluding steroid dienone is 1. The van der Waals surface area contributed by atoms with Crippen molar-refractivity contribution in [2.24, 2.45) is 17.6 Å². The predicted octanol–water partition coefficient (Wildman–Crippen LogP) is 6.99. The first-order valence-electron chi connectivity index (χ1n) is 14.2. The van der Waals surface area contributed by atoms with Crippen LogP contribution in [0.2, 0.25) is 0 Å². The molecular weight excluding hydrogens is 492 g/mol. The van der Waals surface area contributed by atoms with E-state index in [0.717, 1.165) is 55.6 Å². The van der Waals surface area contributed by atoms with Crippen molar-refractivity contribution in [3.63, 3.8) is 0 Å². The van der Waals surface area contributed by atoms with E-state index >= 15 is 0 Å². The van der Waals surface area contributed by atoms with Crippen LogP contribution in [0.3, 0.4) is 0 Å². The number of unbranched alkanes of at least 4 members (excludes halogenated alkanes) is 2. The summed E-state index contributed by atoms with van der Waals surface area (Å²) in [6.07, 6.45) is 9.61. The van der Waals surface area contributed by atoms with E-state index in [2.05, 4.69) is 19.9 Å². The minimum absolute atomic E-state index is 0.0334. The molecule has 0 spiro atoms. The number of benzene rings is 2. The second-order valence-electron chi connectivity index (χ2n) is 10.5. The molecule has 0 radical (unpaired) electrons. The third kappa shape index (κ3) is 6.68. The highest BCUT2D eigenvalue weighted by atomic mass is 16.5. The van der Waals surface area contributed by atoms with Crippen molar-refractivity contribution in [1.29, 1.82) is 5.26 Å². The maximum atomic E-state index is 12.9. The van der Waals surface area contributed by atoms with E-state index in [1.54, 1.807) is 19.2 Å². The molecule has 0 saturated heterocycles. The quantitative estimate of drug-likeness (QED) is 0.189. The van der Waals surface area contributed by atoms with Crippen LogP contribution in [0.5, 0.6) is 23.0 Å². The van der Waals surface area contributed by atoms with E-state index in [1.165, 1.54) is 19.3 Å². The van der Waals surface area contributed by atoms with Crippen molar-refractivity contribution in [3.8, 4) is 29.1 Å². The van der Waals surface area contributed by atoms with Crippen LogP contribution in [0.4, 0.5) is 0 Å². The van der Waals surface area contributed by atoms with Crippen LogP contribution < -0.4 is 24.7 Å². The van der Waals surface area contributed by atoms with Gasteiger partial charge in [-0.2, -0.15) is 5.26 Å². The summed E-state index contributed by atoms with van der Waals surface area (Å²) in [5.41, 5.74) is 8.10. The normalized spacial score (nSPS) is 20.4. The minimum atomic E-state index is -0.458. The largest absolute Gasteiger partial charge is 0.493 e. The van der Waals surface area contributed by atoms with Gasteiger partial charge in [0.25, 0.3) is 0 Å². The number of esters is 1. The number of fused-ring (bicyclic) bond motifs is 1. The lowest BCUT2D eigenvalue weighted by atomic mass is 9.80. The molecule has 4 rings (SSSR count). The van der Waals surface area contributed by atoms with E-state index in [9.17, 15) is 10.1 Å². The van der Waals surface area contributed by atoms with Gasteiger partial charge in [0.15, 0.2) is 11.5 Å². The Labute approximate surface area is 231 Å². The van der Waals surface area contributed by atoms with Gasteiger partial charge < -0.3 is 24.7 Å². The molecule has 2 aliphatic rings. The van der Waals surface area contributed by atoms with Crippen molar-refractivity contribution in [2.75, 3.05) is 13.7 Å². The van der Waals surface area contributed by atoms with Crippen molar-refractivity contribution in [3.05, 3.63) is 59.0 Å². The highest BCUT2D eigenvalue weighted by Crippen LogP contribution is 2.45. The van der Waals surface area contributed by atoms with E-state index < -0.39 is 5.92 Å². The van der Waals surface area contributed by atoms with Crippen LogP contribution in [-0.2, 0) is 4.79 Å². The molecule has 1 unspecified atom stereocenters. The molecule has 208 valence electrons. The SMILES string of the molecule is CCCCOc1ccc(C2C(C#N)=C(N)Oc3cc(OC(=O)C4CCC(CCCC)CC4)ccc32)cc1OC. The Balaban J connectivity index is 1.53. The molecule has 0 bridgehead atoms. The van der Waals surface area contributed by atoms with E-state index in [0.29, 0.717) is 35.2 Å². The minimum Gasteiger partial charge on any atom is -0.493 e. The Morgan fingerprint density at radius 1 is 1.05 bits per heavy atom. The van der Waals surface area contributed by atoms with Gasteiger partial charge in [-0.25, -0.2) is 0 Å². The summed E-state index contributed by atoms with van der Waals surface area (Å²) in [6.45, 7) is 4.93. The number of ether oxygens (including phenoxy) is 4. The maximum absolute atomic E-state index is 12.9. The number of nitrogens with two attached hydrogens (primary N) is 1. The van der Waals surface area contributed by atoms with Gasteiger partial charge in [-0.3, -0.25) is 4.79 Å². The molecule has 7 heteroatoms. The molecular formula is C32H40N2O5. The van der Waals surface area contributed by atoms with Crippen LogP contribution in [-0.4, -0.2) is 19.7 Å². The lowest BCUT2D eigenvalue weighted by Gasteiger charge is -2.28. The average Bonchev–Trinajstić information content (AvgIpc) is 2.95. The highest BCUT2D eigenvalue weighted by Gasteiger charge is 2.32. The molecule has 1 fully saturated rings. The molecule has 2 aromatic carbocycles. The van der Waals surface area contributed by atoms with Crippen LogP contribution in [0.1, 0.15) is 88.7 Å². The molecule has 0 aromatic heterocycles. The van der Waals surface area contributed by atoms with Gasteiger partial charge in [-0.05, 0) is 61.8 Å². The number of methoxy groups -OCH3 is 1. The smallest absolute Gasteiger partial charge is 0.314 e. The number of nitriles is 1. The maximum Gasteiger partial charge on any atom is 0.314 e.